The van der Waals surface area contributed by atoms with Gasteiger partial charge < -0.3 is 38.2 Å². The third-order valence-electron chi connectivity index (χ3n) is 16.9. The van der Waals surface area contributed by atoms with Gasteiger partial charge in [0.25, 0.3) is 5.91 Å². The van der Waals surface area contributed by atoms with Crippen molar-refractivity contribution in [1.82, 2.24) is 24.8 Å². The average Bonchev–Trinajstić information content (AvgIpc) is 1.63. The Bertz CT molecular complexity index is 4110. The quantitative estimate of drug-likeness (QED) is 0.0439. The van der Waals surface area contributed by atoms with Crippen molar-refractivity contribution in [3.05, 3.63) is 127 Å². The number of benzene rings is 3. The molecule has 9 heterocycles. The van der Waals surface area contributed by atoms with Crippen molar-refractivity contribution in [2.75, 3.05) is 117 Å². The van der Waals surface area contributed by atoms with Crippen molar-refractivity contribution in [3.8, 4) is 33.4 Å². The van der Waals surface area contributed by atoms with Crippen molar-refractivity contribution in [3.63, 3.8) is 0 Å². The summed E-state index contributed by atoms with van der Waals surface area (Å²) in [6.07, 6.45) is 0.232. The molecule has 26 nitrogen and oxygen atoms in total. The van der Waals surface area contributed by atoms with Gasteiger partial charge in [0.15, 0.2) is 23.3 Å². The third-order valence-corrected chi connectivity index (χ3v) is 16.9. The van der Waals surface area contributed by atoms with Crippen LogP contribution in [-0.4, -0.2) is 191 Å². The molecule has 3 atom stereocenters. The van der Waals surface area contributed by atoms with Gasteiger partial charge in [-0.15, -0.1) is 0 Å². The van der Waals surface area contributed by atoms with E-state index in [-0.39, 0.29) is 110 Å². The van der Waals surface area contributed by atoms with Gasteiger partial charge in [-0.3, -0.25) is 48.6 Å². The molecule has 12 rings (SSSR count). The van der Waals surface area contributed by atoms with Crippen molar-refractivity contribution < 1.29 is 102 Å². The molecule has 6 aliphatic rings. The van der Waals surface area contributed by atoms with Crippen LogP contribution in [-0.2, 0) is 47.6 Å². The number of rotatable bonds is 18. The van der Waals surface area contributed by atoms with Crippen LogP contribution in [0.25, 0.3) is 33.4 Å². The number of anilines is 6. The summed E-state index contributed by atoms with van der Waals surface area (Å²) in [5, 5.41) is 0. The van der Waals surface area contributed by atoms with Crippen LogP contribution in [0.3, 0.4) is 0 Å². The first-order valence-electron chi connectivity index (χ1n) is 30.8. The van der Waals surface area contributed by atoms with E-state index < -0.39 is 95.9 Å². The Morgan fingerprint density at radius 3 is 1.18 bits per heavy atom. The van der Waals surface area contributed by atoms with E-state index in [1.54, 1.807) is 65.2 Å². The normalized spacial score (nSPS) is 18.7. The van der Waals surface area contributed by atoms with Gasteiger partial charge in [0.1, 0.15) is 41.6 Å². The van der Waals surface area contributed by atoms with Gasteiger partial charge >= 0.3 is 54.2 Å². The van der Waals surface area contributed by atoms with Crippen LogP contribution in [0, 0.1) is 29.1 Å². The largest absolute Gasteiger partial charge is 0.469 e. The Kier molecular flexibility index (Phi) is 21.5. The van der Waals surface area contributed by atoms with Crippen molar-refractivity contribution in [1.29, 1.82) is 0 Å². The number of likely N-dealkylation sites (N-methyl/N-ethyl adjacent to an activating group) is 2. The van der Waals surface area contributed by atoms with Crippen LogP contribution in [0.4, 0.5) is 89.2 Å². The molecule has 0 spiro atoms. The van der Waals surface area contributed by atoms with E-state index in [0.29, 0.717) is 66.6 Å². The van der Waals surface area contributed by atoms with Gasteiger partial charge in [-0.1, -0.05) is 0 Å². The highest BCUT2D eigenvalue weighted by atomic mass is 19.3. The number of carbonyl (C=O) groups is 9. The van der Waals surface area contributed by atoms with E-state index in [1.165, 1.54) is 86.0 Å². The number of alkyl halides is 2. The minimum absolute atomic E-state index is 0.00172. The van der Waals surface area contributed by atoms with Crippen LogP contribution in [0.15, 0.2) is 97.5 Å². The molecule has 0 bridgehead atoms. The molecule has 0 radical (unpaired) electrons. The zero-order chi connectivity index (χ0) is 71.1. The molecular weight excluding hydrogens is 1320 g/mol. The maximum atomic E-state index is 14.9. The molecule has 0 N–H and O–H groups in total. The molecule has 6 fully saturated rings. The molecule has 0 saturated carbocycles. The highest BCUT2D eigenvalue weighted by Gasteiger charge is 2.49. The molecule has 6 aliphatic heterocycles. The monoisotopic (exact) mass is 1380 g/mol. The van der Waals surface area contributed by atoms with Gasteiger partial charge in [0, 0.05) is 124 Å². The summed E-state index contributed by atoms with van der Waals surface area (Å²) in [4.78, 5) is 129. The second kappa shape index (κ2) is 30.1. The summed E-state index contributed by atoms with van der Waals surface area (Å²) in [7, 11) is 7.19. The number of cyclic esters (lactones) is 3. The number of esters is 3. The summed E-state index contributed by atoms with van der Waals surface area (Å²) in [5.74, 6) is -10.6. The molecule has 3 aromatic heterocycles. The summed E-state index contributed by atoms with van der Waals surface area (Å²) in [5.41, 5.74) is 0.922. The number of methoxy groups -OCH3 is 3. The SMILES string of the molecule is COC(=O)CC[C@H]1CN(c2ccc(-c3ccc(N4CCC(F)(F)C4=O)nc3)c(F)c2F)C(=O)O1.COC(=O)CC[C@H]1CN(c2ccc(-c3ccc(N4CCN(C)C4=O)nc3)c(F)c2)C(=O)O1.COC(=O)CC[C@H]1CN(c2ccc(-c3ccc(N4CCN(C)C4=O)nc3)c(F)c2F)C(=O)O1. The number of aromatic nitrogens is 3. The fraction of sp³-hybridized carbons (Fsp3) is 0.364. The average molecular weight is 1380 g/mol. The fourth-order valence-corrected chi connectivity index (χ4v) is 11.3. The number of hydrogen-bond acceptors (Lipinski definition) is 18. The number of carbonyl (C=O) groups excluding carboxylic acids is 9. The molecule has 3 aromatic carbocycles. The van der Waals surface area contributed by atoms with Gasteiger partial charge in [-0.25, -0.2) is 60.9 Å². The maximum Gasteiger partial charge on any atom is 0.414 e. The van der Waals surface area contributed by atoms with E-state index in [4.69, 9.17) is 14.2 Å². The summed E-state index contributed by atoms with van der Waals surface area (Å²) in [6.45, 7) is 2.18. The smallest absolute Gasteiger partial charge is 0.414 e. The highest BCUT2D eigenvalue weighted by molar-refractivity contribution is 6.00. The van der Waals surface area contributed by atoms with Crippen LogP contribution in [0.1, 0.15) is 44.9 Å². The topological polar surface area (TPSA) is 274 Å². The first-order chi connectivity index (χ1) is 47.3. The Balaban J connectivity index is 0.000000161. The Labute approximate surface area is 560 Å². The summed E-state index contributed by atoms with van der Waals surface area (Å²) in [6, 6.07) is 18.4. The van der Waals surface area contributed by atoms with Crippen LogP contribution in [0.5, 0.6) is 0 Å². The predicted molar refractivity (Wildman–Crippen MR) is 338 cm³/mol. The predicted octanol–water partition coefficient (Wildman–Crippen LogP) is 9.89. The van der Waals surface area contributed by atoms with Gasteiger partial charge in [-0.05, 0) is 98.1 Å². The third kappa shape index (κ3) is 15.5. The molecule has 33 heteroatoms. The van der Waals surface area contributed by atoms with E-state index in [1.807, 2.05) is 0 Å². The zero-order valence-electron chi connectivity index (χ0n) is 53.8. The Morgan fingerprint density at radius 1 is 0.465 bits per heavy atom. The number of pyridine rings is 3. The molecule has 8 amide bonds. The van der Waals surface area contributed by atoms with Crippen molar-refractivity contribution in [2.45, 2.75) is 69.2 Å². The summed E-state index contributed by atoms with van der Waals surface area (Å²) >= 11 is 0. The van der Waals surface area contributed by atoms with Crippen molar-refractivity contribution in [2.24, 2.45) is 0 Å². The first kappa shape index (κ1) is 70.6. The lowest BCUT2D eigenvalue weighted by molar-refractivity contribution is -0.142. The van der Waals surface area contributed by atoms with Gasteiger partial charge in [0.05, 0.1) is 58.0 Å². The van der Waals surface area contributed by atoms with E-state index in [0.717, 1.165) is 20.9 Å². The van der Waals surface area contributed by atoms with Gasteiger partial charge in [0.2, 0.25) is 0 Å². The Hall–Kier alpha value is -11.2. The van der Waals surface area contributed by atoms with Crippen LogP contribution in [0.2, 0.25) is 0 Å². The lowest BCUT2D eigenvalue weighted by Crippen LogP contribution is -2.33. The fourth-order valence-electron chi connectivity index (χ4n) is 11.3. The van der Waals surface area contributed by atoms with Crippen molar-refractivity contribution >= 4 is 88.7 Å². The molecule has 0 aliphatic carbocycles. The van der Waals surface area contributed by atoms with Gasteiger partial charge in [-0.2, -0.15) is 8.78 Å². The molecule has 99 heavy (non-hydrogen) atoms. The maximum absolute atomic E-state index is 14.9. The zero-order valence-corrected chi connectivity index (χ0v) is 53.8. The summed E-state index contributed by atoms with van der Waals surface area (Å²) < 4.78 is 131. The number of urea groups is 2. The lowest BCUT2D eigenvalue weighted by atomic mass is 10.1. The molecule has 522 valence electrons. The van der Waals surface area contributed by atoms with E-state index in [9.17, 15) is 73.9 Å². The van der Waals surface area contributed by atoms with E-state index >= 15 is 0 Å². The molecule has 6 saturated heterocycles. The molecular formula is C66H64F7N11O15. The minimum Gasteiger partial charge on any atom is -0.469 e. The number of ether oxygens (including phenoxy) is 6. The number of hydrogen-bond donors (Lipinski definition) is 0. The molecule has 0 unspecified atom stereocenters. The minimum atomic E-state index is -3.46. The lowest BCUT2D eigenvalue weighted by Gasteiger charge is -2.17. The van der Waals surface area contributed by atoms with Crippen LogP contribution >= 0.6 is 0 Å². The standard InChI is InChI=1S/C22H19F4N3O5.C22H22F2N4O5.C22H23FN4O5/c1-33-17(30)7-3-13-11-29(21(32)34-13)15-5-4-14(18(23)19(15)24)12-2-6-16(27-10-12)28-9-8-22(25,26)20(28)31;1-26-9-10-27(21(26)30)17-7-3-13(11-25-17)15-5-6-16(20(24)19(15)23)28-12-14(33-22(28)31)4-8-18(29)32-2;1-25-9-10-26(21(25)29)19-7-3-14(12-24-19)17-6-4-15(11-18(17)23)27-13-16(32-22(27)30)5-8-20(28)31-2/h2,4-6,10,13H,3,7-9,11H2,1H3;3,5-7,11,14H,4,8-10,12H2,1-2H3;3-4,6-7,11-12,16H,5,8-10,13H2,1-2H3/t13-;14-;16-/m000/s1. The Morgan fingerprint density at radius 2 is 0.838 bits per heavy atom. The second-order valence-corrected chi connectivity index (χ2v) is 23.2. The van der Waals surface area contributed by atoms with Crippen LogP contribution < -0.4 is 29.4 Å². The number of amides is 8. The first-order valence-corrected chi connectivity index (χ1v) is 30.8. The molecule has 6 aromatic rings. The number of halogens is 7. The second-order valence-electron chi connectivity index (χ2n) is 23.2. The number of nitrogens with zero attached hydrogens (tertiary/aromatic N) is 11. The van der Waals surface area contributed by atoms with E-state index in [2.05, 4.69) is 29.2 Å². The highest BCUT2D eigenvalue weighted by Crippen LogP contribution is 2.38.